The second-order valence-electron chi connectivity index (χ2n) is 20.7. The van der Waals surface area contributed by atoms with Gasteiger partial charge in [0.15, 0.2) is 5.58 Å². The van der Waals surface area contributed by atoms with Gasteiger partial charge in [-0.3, -0.25) is 4.98 Å². The topological polar surface area (TPSA) is 69.5 Å². The first-order valence-electron chi connectivity index (χ1n) is 26.3. The van der Waals surface area contributed by atoms with Gasteiger partial charge in [-0.2, -0.15) is 5.26 Å². The minimum absolute atomic E-state index is 0.521. The molecule has 0 atom stereocenters. The van der Waals surface area contributed by atoms with Gasteiger partial charge in [0.1, 0.15) is 22.7 Å². The number of hydrogen-bond acceptors (Lipinski definition) is 3. The van der Waals surface area contributed by atoms with Gasteiger partial charge in [0, 0.05) is 65.8 Å². The van der Waals surface area contributed by atoms with Crippen molar-refractivity contribution in [3.8, 4) is 39.9 Å². The number of fused-ring (bicyclic) bond motifs is 15. The molecule has 0 saturated heterocycles. The summed E-state index contributed by atoms with van der Waals surface area (Å²) >= 11 is 0. The average Bonchev–Trinajstić information content (AvgIpc) is 4.32. The zero-order valence-corrected chi connectivity index (χ0v) is 42.7. The van der Waals surface area contributed by atoms with Crippen molar-refractivity contribution in [3.05, 3.63) is 234 Å². The molecule has 7 nitrogen and oxygen atoms in total. The first-order valence-corrected chi connectivity index (χ1v) is 26.3. The van der Waals surface area contributed by atoms with Crippen molar-refractivity contribution in [1.82, 2.24) is 23.3 Å². The Labute approximate surface area is 441 Å². The molecule has 77 heavy (non-hydrogen) atoms. The number of aryl methyl sites for hydroxylation is 4. The van der Waals surface area contributed by atoms with Gasteiger partial charge in [0.05, 0.1) is 66.9 Å². The minimum atomic E-state index is 0.521. The summed E-state index contributed by atoms with van der Waals surface area (Å²) in [5, 5.41) is 22.8. The Morgan fingerprint density at radius 3 is 1.12 bits per heavy atom. The van der Waals surface area contributed by atoms with Crippen molar-refractivity contribution >= 4 is 109 Å². The zero-order valence-electron chi connectivity index (χ0n) is 42.7. The van der Waals surface area contributed by atoms with E-state index in [1.807, 2.05) is 18.3 Å². The number of furan rings is 1. The van der Waals surface area contributed by atoms with E-state index in [0.717, 1.165) is 154 Å². The maximum absolute atomic E-state index is 13.0. The molecule has 0 aliphatic carbocycles. The molecular formula is C70H46N6O. The third kappa shape index (κ3) is 5.71. The van der Waals surface area contributed by atoms with Crippen LogP contribution in [0.2, 0.25) is 0 Å². The molecule has 16 aromatic rings. The van der Waals surface area contributed by atoms with Crippen LogP contribution in [0.5, 0.6) is 0 Å². The molecule has 0 spiro atoms. The highest BCUT2D eigenvalue weighted by Gasteiger charge is 2.36. The number of hydrogen-bond donors (Lipinski definition) is 0. The predicted molar refractivity (Wildman–Crippen MR) is 318 cm³/mol. The van der Waals surface area contributed by atoms with Gasteiger partial charge in [-0.15, -0.1) is 0 Å². The number of pyridine rings is 1. The summed E-state index contributed by atoms with van der Waals surface area (Å²) in [6.07, 6.45) is 1.84. The van der Waals surface area contributed by atoms with Crippen molar-refractivity contribution in [2.45, 2.75) is 27.7 Å². The molecule has 0 aliphatic rings. The van der Waals surface area contributed by atoms with Crippen molar-refractivity contribution in [2.75, 3.05) is 0 Å². The Morgan fingerprint density at radius 2 is 0.714 bits per heavy atom. The largest absolute Gasteiger partial charge is 0.454 e. The maximum atomic E-state index is 13.0. The van der Waals surface area contributed by atoms with Crippen LogP contribution in [0.1, 0.15) is 27.8 Å². The number of rotatable bonds is 5. The second kappa shape index (κ2) is 15.9. The first-order chi connectivity index (χ1) is 37.9. The lowest BCUT2D eigenvalue weighted by molar-refractivity contribution is 0.669. The third-order valence-electron chi connectivity index (χ3n) is 16.5. The Bertz CT molecular complexity index is 5030. The van der Waals surface area contributed by atoms with Gasteiger partial charge in [0.2, 0.25) is 0 Å². The van der Waals surface area contributed by atoms with Crippen LogP contribution in [0.3, 0.4) is 0 Å². The van der Waals surface area contributed by atoms with E-state index < -0.39 is 0 Å². The molecule has 10 aromatic carbocycles. The molecular weight excluding hydrogens is 941 g/mol. The lowest BCUT2D eigenvalue weighted by Crippen LogP contribution is -2.17. The Morgan fingerprint density at radius 1 is 0.364 bits per heavy atom. The lowest BCUT2D eigenvalue weighted by Gasteiger charge is -2.30. The number of nitriles is 1. The van der Waals surface area contributed by atoms with Crippen LogP contribution >= 0.6 is 0 Å². The molecule has 0 N–H and O–H groups in total. The van der Waals surface area contributed by atoms with Crippen LogP contribution in [0.25, 0.3) is 143 Å². The van der Waals surface area contributed by atoms with Crippen LogP contribution in [0.4, 0.5) is 0 Å². The van der Waals surface area contributed by atoms with E-state index in [1.54, 1.807) is 0 Å². The predicted octanol–water partition coefficient (Wildman–Crippen LogP) is 18.1. The van der Waals surface area contributed by atoms with E-state index in [9.17, 15) is 5.26 Å². The fourth-order valence-electron chi connectivity index (χ4n) is 13.4. The lowest BCUT2D eigenvalue weighted by atomic mass is 9.92. The van der Waals surface area contributed by atoms with Crippen LogP contribution < -0.4 is 0 Å². The molecule has 362 valence electrons. The monoisotopic (exact) mass is 986 g/mol. The van der Waals surface area contributed by atoms with Crippen molar-refractivity contribution in [1.29, 1.82) is 5.26 Å². The normalized spacial score (nSPS) is 12.1. The van der Waals surface area contributed by atoms with Gasteiger partial charge in [0.25, 0.3) is 0 Å². The molecule has 0 bridgehead atoms. The van der Waals surface area contributed by atoms with E-state index in [2.05, 4.69) is 240 Å². The molecule has 0 radical (unpaired) electrons. The molecule has 0 fully saturated rings. The summed E-state index contributed by atoms with van der Waals surface area (Å²) in [6.45, 7) is 8.82. The smallest absolute Gasteiger partial charge is 0.153 e. The summed E-state index contributed by atoms with van der Waals surface area (Å²) in [4.78, 5) is 4.98. The molecule has 0 unspecified atom stereocenters. The average molecular weight is 987 g/mol. The van der Waals surface area contributed by atoms with Gasteiger partial charge in [-0.1, -0.05) is 158 Å². The minimum Gasteiger partial charge on any atom is -0.454 e. The second-order valence-corrected chi connectivity index (χ2v) is 20.7. The van der Waals surface area contributed by atoms with Gasteiger partial charge < -0.3 is 22.7 Å². The van der Waals surface area contributed by atoms with Gasteiger partial charge >= 0.3 is 0 Å². The summed E-state index contributed by atoms with van der Waals surface area (Å²) in [5.74, 6) is 0. The molecule has 6 heterocycles. The Hall–Kier alpha value is -10.2. The van der Waals surface area contributed by atoms with Crippen LogP contribution in [0, 0.1) is 39.0 Å². The summed E-state index contributed by atoms with van der Waals surface area (Å²) in [5.41, 5.74) is 20.3. The highest BCUT2D eigenvalue weighted by Crippen LogP contribution is 2.54. The zero-order chi connectivity index (χ0) is 51.4. The quantitative estimate of drug-likeness (QED) is 0.172. The summed E-state index contributed by atoms with van der Waals surface area (Å²) in [7, 11) is 0. The fraction of sp³-hybridized carbons (Fsp3) is 0.0571. The van der Waals surface area contributed by atoms with Gasteiger partial charge in [-0.25, -0.2) is 0 Å². The van der Waals surface area contributed by atoms with Crippen molar-refractivity contribution < 1.29 is 4.42 Å². The maximum Gasteiger partial charge on any atom is 0.153 e. The van der Waals surface area contributed by atoms with Crippen molar-refractivity contribution in [2.24, 2.45) is 0 Å². The molecule has 0 amide bonds. The first kappa shape index (κ1) is 43.3. The number of nitrogens with zero attached hydrogens (tertiary/aromatic N) is 6. The highest BCUT2D eigenvalue weighted by molar-refractivity contribution is 6.20. The number of aromatic nitrogens is 5. The molecule has 7 heteroatoms. The molecule has 0 saturated carbocycles. The van der Waals surface area contributed by atoms with E-state index in [1.165, 1.54) is 0 Å². The fourth-order valence-corrected chi connectivity index (χ4v) is 13.4. The van der Waals surface area contributed by atoms with Gasteiger partial charge in [-0.05, 0) is 92.4 Å². The van der Waals surface area contributed by atoms with E-state index in [0.29, 0.717) is 16.7 Å². The number of para-hydroxylation sites is 9. The molecule has 6 aromatic heterocycles. The van der Waals surface area contributed by atoms with E-state index >= 15 is 0 Å². The standard InChI is InChI=1S/C70H46N6O/c1-40-19-13-27-48-44-23-5-9-33-55(44)73(62(40)48)66-54(39-71)67(74-56-34-10-6-24-45(56)49-28-14-20-41(2)63(49)74)69(76-58-36-12-8-26-47(58)51-30-16-22-43(4)65(51)76)60(52-31-17-32-53-61-59(77-70(52)53)37-18-38-72-61)68(66)75-57-35-11-7-25-46(57)50-29-15-21-42(3)64(50)75/h5-38H,1-4H3. The van der Waals surface area contributed by atoms with E-state index in [-0.39, 0.29) is 0 Å². The number of benzene rings is 10. The SMILES string of the molecule is Cc1cccc2c3ccccc3n(-c3c(C#N)c(-n4c5ccccc5c5cccc(C)c54)c(-n4c5ccccc5c5cccc(C)c54)c(-c4cccc5c4oc4cccnc45)c3-n3c4ccccc4c4cccc(C)c43)c12. The van der Waals surface area contributed by atoms with Crippen LogP contribution in [-0.2, 0) is 0 Å². The highest BCUT2D eigenvalue weighted by atomic mass is 16.3. The summed E-state index contributed by atoms with van der Waals surface area (Å²) in [6, 6.07) is 74.8. The van der Waals surface area contributed by atoms with E-state index in [4.69, 9.17) is 9.40 Å². The summed E-state index contributed by atoms with van der Waals surface area (Å²) < 4.78 is 17.1. The Kier molecular flexibility index (Phi) is 8.95. The van der Waals surface area contributed by atoms with Crippen LogP contribution in [0.15, 0.2) is 211 Å². The Balaban J connectivity index is 1.32. The van der Waals surface area contributed by atoms with Crippen molar-refractivity contribution in [3.63, 3.8) is 0 Å². The van der Waals surface area contributed by atoms with Crippen LogP contribution in [-0.4, -0.2) is 23.3 Å². The third-order valence-corrected chi connectivity index (χ3v) is 16.5. The molecule has 0 aliphatic heterocycles. The molecule has 16 rings (SSSR count).